The highest BCUT2D eigenvalue weighted by Gasteiger charge is 2.50. The highest BCUT2D eigenvalue weighted by Crippen LogP contribution is 2.52. The highest BCUT2D eigenvalue weighted by molar-refractivity contribution is 5.39. The fourth-order valence-corrected chi connectivity index (χ4v) is 4.80. The Morgan fingerprint density at radius 2 is 1.93 bits per heavy atom. The molecule has 0 radical (unpaired) electrons. The van der Waals surface area contributed by atoms with E-state index in [0.717, 1.165) is 56.6 Å². The van der Waals surface area contributed by atoms with Crippen molar-refractivity contribution in [3.8, 4) is 0 Å². The van der Waals surface area contributed by atoms with E-state index in [1.54, 1.807) is 0 Å². The van der Waals surface area contributed by atoms with Gasteiger partial charge in [0, 0.05) is 19.6 Å². The van der Waals surface area contributed by atoms with Crippen molar-refractivity contribution in [3.63, 3.8) is 0 Å². The van der Waals surface area contributed by atoms with Gasteiger partial charge in [-0.05, 0) is 37.2 Å². The molecule has 0 bridgehead atoms. The Hall–Kier alpha value is -1.72. The van der Waals surface area contributed by atoms with Gasteiger partial charge in [0.15, 0.2) is 11.6 Å². The SMILES string of the molecule is c1ccc(C2(c3nc(C4CNCCO4)n(CC4CCCCC4)n3)CC2)cc1. The largest absolute Gasteiger partial charge is 0.368 e. The second-order valence-electron chi connectivity index (χ2n) is 8.49. The molecule has 3 aliphatic rings. The fraction of sp³-hybridized carbons (Fsp3) is 0.636. The van der Waals surface area contributed by atoms with Gasteiger partial charge < -0.3 is 10.1 Å². The quantitative estimate of drug-likeness (QED) is 0.878. The van der Waals surface area contributed by atoms with Crippen LogP contribution in [0.4, 0.5) is 0 Å². The summed E-state index contributed by atoms with van der Waals surface area (Å²) in [5.74, 6) is 2.77. The van der Waals surface area contributed by atoms with Crippen molar-refractivity contribution in [2.75, 3.05) is 19.7 Å². The molecule has 3 fully saturated rings. The van der Waals surface area contributed by atoms with Gasteiger partial charge in [0.25, 0.3) is 0 Å². The van der Waals surface area contributed by atoms with Crippen molar-refractivity contribution in [2.45, 2.75) is 63.0 Å². The predicted molar refractivity (Wildman–Crippen MR) is 105 cm³/mol. The molecule has 1 aromatic heterocycles. The topological polar surface area (TPSA) is 52.0 Å². The summed E-state index contributed by atoms with van der Waals surface area (Å²) in [6.45, 7) is 3.50. The van der Waals surface area contributed by atoms with Crippen LogP contribution in [0.5, 0.6) is 0 Å². The van der Waals surface area contributed by atoms with Crippen LogP contribution in [0.1, 0.15) is 68.3 Å². The second kappa shape index (κ2) is 7.36. The zero-order valence-corrected chi connectivity index (χ0v) is 16.1. The van der Waals surface area contributed by atoms with Crippen molar-refractivity contribution < 1.29 is 4.74 Å². The number of nitrogens with zero attached hydrogens (tertiary/aromatic N) is 3. The summed E-state index contributed by atoms with van der Waals surface area (Å²) < 4.78 is 8.26. The maximum absolute atomic E-state index is 6.06. The van der Waals surface area contributed by atoms with Crippen molar-refractivity contribution in [2.24, 2.45) is 5.92 Å². The molecular formula is C22H30N4O. The molecule has 0 spiro atoms. The summed E-state index contributed by atoms with van der Waals surface area (Å²) in [5.41, 5.74) is 1.38. The average Bonchev–Trinajstić information content (AvgIpc) is 3.45. The van der Waals surface area contributed by atoms with Gasteiger partial charge in [-0.3, -0.25) is 0 Å². The molecule has 0 amide bonds. The van der Waals surface area contributed by atoms with E-state index < -0.39 is 0 Å². The highest BCUT2D eigenvalue weighted by atomic mass is 16.5. The Balaban J connectivity index is 1.47. The van der Waals surface area contributed by atoms with Gasteiger partial charge in [-0.25, -0.2) is 9.67 Å². The van der Waals surface area contributed by atoms with Gasteiger partial charge in [0.05, 0.1) is 12.0 Å². The van der Waals surface area contributed by atoms with E-state index in [4.69, 9.17) is 14.8 Å². The van der Waals surface area contributed by atoms with Gasteiger partial charge in [-0.1, -0.05) is 49.6 Å². The van der Waals surface area contributed by atoms with Gasteiger partial charge in [0.2, 0.25) is 0 Å². The first kappa shape index (κ1) is 17.4. The van der Waals surface area contributed by atoms with Crippen LogP contribution in [0, 0.1) is 5.92 Å². The van der Waals surface area contributed by atoms with Crippen molar-refractivity contribution in [1.82, 2.24) is 20.1 Å². The van der Waals surface area contributed by atoms with Crippen LogP contribution in [0.3, 0.4) is 0 Å². The monoisotopic (exact) mass is 366 g/mol. The lowest BCUT2D eigenvalue weighted by Gasteiger charge is -2.25. The summed E-state index contributed by atoms with van der Waals surface area (Å²) in [6.07, 6.45) is 9.06. The molecule has 1 saturated heterocycles. The number of aromatic nitrogens is 3. The van der Waals surface area contributed by atoms with Gasteiger partial charge in [-0.2, -0.15) is 5.10 Å². The number of nitrogens with one attached hydrogen (secondary N) is 1. The summed E-state index contributed by atoms with van der Waals surface area (Å²) in [5, 5.41) is 8.54. The molecule has 144 valence electrons. The van der Waals surface area contributed by atoms with Crippen molar-refractivity contribution >= 4 is 0 Å². The van der Waals surface area contributed by atoms with Crippen LogP contribution in [-0.4, -0.2) is 34.5 Å². The van der Waals surface area contributed by atoms with Crippen molar-refractivity contribution in [1.29, 1.82) is 0 Å². The van der Waals surface area contributed by atoms with E-state index in [-0.39, 0.29) is 11.5 Å². The zero-order valence-electron chi connectivity index (χ0n) is 16.1. The molecule has 2 aliphatic carbocycles. The first-order valence-electron chi connectivity index (χ1n) is 10.7. The van der Waals surface area contributed by atoms with E-state index >= 15 is 0 Å². The minimum Gasteiger partial charge on any atom is -0.368 e. The lowest BCUT2D eigenvalue weighted by Crippen LogP contribution is -2.35. The second-order valence-corrected chi connectivity index (χ2v) is 8.49. The Morgan fingerprint density at radius 3 is 2.63 bits per heavy atom. The van der Waals surface area contributed by atoms with E-state index in [1.165, 1.54) is 37.7 Å². The molecule has 1 atom stereocenters. The van der Waals surface area contributed by atoms with Crippen LogP contribution >= 0.6 is 0 Å². The van der Waals surface area contributed by atoms with Gasteiger partial charge in [-0.15, -0.1) is 0 Å². The van der Waals surface area contributed by atoms with E-state index in [0.29, 0.717) is 0 Å². The van der Waals surface area contributed by atoms with Gasteiger partial charge >= 0.3 is 0 Å². The van der Waals surface area contributed by atoms with E-state index in [1.807, 2.05) is 0 Å². The van der Waals surface area contributed by atoms with Crippen LogP contribution in [0.25, 0.3) is 0 Å². The third-order valence-electron chi connectivity index (χ3n) is 6.58. The van der Waals surface area contributed by atoms with Crippen LogP contribution < -0.4 is 5.32 Å². The maximum atomic E-state index is 6.06. The lowest BCUT2D eigenvalue weighted by molar-refractivity contribution is 0.0185. The Labute approximate surface area is 161 Å². The number of hydrogen-bond donors (Lipinski definition) is 1. The van der Waals surface area contributed by atoms with Crippen LogP contribution in [-0.2, 0) is 16.7 Å². The zero-order chi connectivity index (χ0) is 18.1. The number of hydrogen-bond acceptors (Lipinski definition) is 4. The number of rotatable bonds is 5. The molecule has 5 nitrogen and oxygen atoms in total. The molecule has 1 aliphatic heterocycles. The molecule has 5 heteroatoms. The standard InChI is InChI=1S/C22H30N4O/c1-3-7-17(8-4-1)16-26-20(19-15-23-13-14-27-19)24-21(25-26)22(11-12-22)18-9-5-2-6-10-18/h2,5-6,9-10,17,19,23H,1,3-4,7-8,11-16H2. The fourth-order valence-electron chi connectivity index (χ4n) is 4.80. The Morgan fingerprint density at radius 1 is 1.11 bits per heavy atom. The smallest absolute Gasteiger partial charge is 0.161 e. The normalized spacial score (nSPS) is 25.4. The molecule has 5 rings (SSSR count). The molecule has 2 heterocycles. The van der Waals surface area contributed by atoms with Gasteiger partial charge in [0.1, 0.15) is 6.10 Å². The maximum Gasteiger partial charge on any atom is 0.161 e. The molecule has 1 N–H and O–H groups in total. The summed E-state index contributed by atoms with van der Waals surface area (Å²) >= 11 is 0. The number of morpholine rings is 1. The Kier molecular flexibility index (Phi) is 4.74. The molecular weight excluding hydrogens is 336 g/mol. The lowest BCUT2D eigenvalue weighted by atomic mass is 9.89. The third-order valence-corrected chi connectivity index (χ3v) is 6.58. The minimum absolute atomic E-state index is 0.0233. The predicted octanol–water partition coefficient (Wildman–Crippen LogP) is 3.60. The van der Waals surface area contributed by atoms with Crippen LogP contribution in [0.15, 0.2) is 30.3 Å². The van der Waals surface area contributed by atoms with Crippen molar-refractivity contribution in [3.05, 3.63) is 47.5 Å². The first-order valence-corrected chi connectivity index (χ1v) is 10.7. The Bertz CT molecular complexity index is 756. The molecule has 27 heavy (non-hydrogen) atoms. The minimum atomic E-state index is 0.0233. The summed E-state index contributed by atoms with van der Waals surface area (Å²) in [6, 6.07) is 10.8. The number of benzene rings is 1. The van der Waals surface area contributed by atoms with Crippen LogP contribution in [0.2, 0.25) is 0 Å². The molecule has 1 unspecified atom stereocenters. The van der Waals surface area contributed by atoms with E-state index in [9.17, 15) is 0 Å². The summed E-state index contributed by atoms with van der Waals surface area (Å²) in [4.78, 5) is 5.10. The molecule has 1 aromatic carbocycles. The number of ether oxygens (including phenoxy) is 1. The summed E-state index contributed by atoms with van der Waals surface area (Å²) in [7, 11) is 0. The average molecular weight is 367 g/mol. The van der Waals surface area contributed by atoms with E-state index in [2.05, 4.69) is 40.3 Å². The molecule has 2 aromatic rings. The molecule has 2 saturated carbocycles. The third kappa shape index (κ3) is 3.43. The first-order chi connectivity index (χ1) is 13.4.